The molecule has 0 fully saturated rings. The van der Waals surface area contributed by atoms with Gasteiger partial charge in [0.05, 0.1) is 0 Å². The minimum Gasteiger partial charge on any atom is -0.275 e. The first-order valence-corrected chi connectivity index (χ1v) is 7.21. The van der Waals surface area contributed by atoms with Gasteiger partial charge >= 0.3 is 9.46 Å². The average molecular weight is 236 g/mol. The van der Waals surface area contributed by atoms with Crippen LogP contribution in [0.1, 0.15) is 12.0 Å². The summed E-state index contributed by atoms with van der Waals surface area (Å²) in [6.07, 6.45) is 1.37. The van der Waals surface area contributed by atoms with Gasteiger partial charge in [-0.1, -0.05) is 42.5 Å². The highest BCUT2D eigenvalue weighted by atomic mass is 28.4. The fourth-order valence-electron chi connectivity index (χ4n) is 1.96. The third-order valence-corrected chi connectivity index (χ3v) is 3.59. The van der Waals surface area contributed by atoms with Crippen LogP contribution in [0.4, 0.5) is 8.22 Å². The van der Waals surface area contributed by atoms with E-state index in [0.717, 1.165) is 6.42 Å². The molecule has 0 aliphatic rings. The van der Waals surface area contributed by atoms with Gasteiger partial charge in [-0.15, -0.1) is 0 Å². The molecule has 0 unspecified atom stereocenters. The van der Waals surface area contributed by atoms with Crippen LogP contribution in [0.2, 0.25) is 6.04 Å². The van der Waals surface area contributed by atoms with E-state index in [1.54, 1.807) is 0 Å². The van der Waals surface area contributed by atoms with Crippen LogP contribution in [0.25, 0.3) is 10.8 Å². The zero-order valence-corrected chi connectivity index (χ0v) is 10.2. The van der Waals surface area contributed by atoms with Gasteiger partial charge in [0.2, 0.25) is 0 Å². The number of halogens is 2. The highest BCUT2D eigenvalue weighted by molar-refractivity contribution is 6.42. The molecule has 0 atom stereocenters. The van der Waals surface area contributed by atoms with E-state index in [-0.39, 0.29) is 6.04 Å². The number of aryl methyl sites for hydroxylation is 1. The van der Waals surface area contributed by atoms with E-state index in [2.05, 4.69) is 18.2 Å². The molecule has 2 aromatic rings. The number of fused-ring (bicyclic) bond motifs is 1. The van der Waals surface area contributed by atoms with Crippen molar-refractivity contribution in [2.24, 2.45) is 0 Å². The largest absolute Gasteiger partial charge is 0.411 e. The summed E-state index contributed by atoms with van der Waals surface area (Å²) < 4.78 is 24.4. The topological polar surface area (TPSA) is 0 Å². The second-order valence-electron chi connectivity index (χ2n) is 3.92. The number of rotatable bonds is 4. The summed E-state index contributed by atoms with van der Waals surface area (Å²) in [5.41, 5.74) is 1.19. The fourth-order valence-corrected chi connectivity index (χ4v) is 2.47. The van der Waals surface area contributed by atoms with E-state index in [1.165, 1.54) is 16.3 Å². The van der Waals surface area contributed by atoms with Crippen molar-refractivity contribution in [2.75, 3.05) is 0 Å². The van der Waals surface area contributed by atoms with Gasteiger partial charge in [0.15, 0.2) is 0 Å². The van der Waals surface area contributed by atoms with Crippen molar-refractivity contribution in [3.63, 3.8) is 0 Å². The Morgan fingerprint density at radius 3 is 2.50 bits per heavy atom. The van der Waals surface area contributed by atoms with Gasteiger partial charge in [-0.05, 0) is 35.2 Å². The number of hydrogen-bond acceptors (Lipinski definition) is 0. The zero-order valence-electron chi connectivity index (χ0n) is 9.00. The summed E-state index contributed by atoms with van der Waals surface area (Å²) in [5.74, 6) is 0. The maximum Gasteiger partial charge on any atom is 0.411 e. The molecule has 2 rings (SSSR count). The lowest BCUT2D eigenvalue weighted by molar-refractivity contribution is 0.641. The predicted octanol–water partition coefficient (Wildman–Crippen LogP) is 3.93. The average Bonchev–Trinajstić information content (AvgIpc) is 2.29. The Morgan fingerprint density at radius 2 is 1.69 bits per heavy atom. The first-order chi connectivity index (χ1) is 7.77. The summed E-state index contributed by atoms with van der Waals surface area (Å²) in [5, 5.41) is 2.38. The fraction of sp³-hybridized carbons (Fsp3) is 0.231. The molecule has 16 heavy (non-hydrogen) atoms. The molecular formula is C13H14F2Si. The Morgan fingerprint density at radius 1 is 0.938 bits per heavy atom. The molecule has 0 amide bonds. The van der Waals surface area contributed by atoms with E-state index < -0.39 is 9.46 Å². The minimum atomic E-state index is -3.37. The van der Waals surface area contributed by atoms with Crippen LogP contribution in [0.15, 0.2) is 42.5 Å². The van der Waals surface area contributed by atoms with Crippen LogP contribution >= 0.6 is 0 Å². The monoisotopic (exact) mass is 236 g/mol. The van der Waals surface area contributed by atoms with Gasteiger partial charge in [0, 0.05) is 0 Å². The summed E-state index contributed by atoms with van der Waals surface area (Å²) >= 11 is 0. The van der Waals surface area contributed by atoms with Gasteiger partial charge in [-0.2, -0.15) is 0 Å². The van der Waals surface area contributed by atoms with Crippen LogP contribution in [0, 0.1) is 0 Å². The highest BCUT2D eigenvalue weighted by Gasteiger charge is 2.07. The first kappa shape index (κ1) is 11.3. The molecule has 0 bridgehead atoms. The molecular weight excluding hydrogens is 222 g/mol. The molecule has 0 spiro atoms. The van der Waals surface area contributed by atoms with Crippen LogP contribution < -0.4 is 0 Å². The van der Waals surface area contributed by atoms with Crippen molar-refractivity contribution in [3.8, 4) is 0 Å². The molecule has 3 heteroatoms. The summed E-state index contributed by atoms with van der Waals surface area (Å²) in [6, 6.07) is 14.3. The molecule has 84 valence electrons. The summed E-state index contributed by atoms with van der Waals surface area (Å²) in [6.45, 7) is 0. The molecule has 0 N–H and O–H groups in total. The predicted molar refractivity (Wildman–Crippen MR) is 66.4 cm³/mol. The van der Waals surface area contributed by atoms with Crippen molar-refractivity contribution in [2.45, 2.75) is 18.9 Å². The van der Waals surface area contributed by atoms with Crippen molar-refractivity contribution < 1.29 is 8.22 Å². The summed E-state index contributed by atoms with van der Waals surface area (Å²) in [7, 11) is -3.37. The second-order valence-corrected chi connectivity index (χ2v) is 5.28. The molecule has 0 aromatic heterocycles. The van der Waals surface area contributed by atoms with Gasteiger partial charge < -0.3 is 0 Å². The molecule has 0 nitrogen and oxygen atoms in total. The standard InChI is InChI=1S/C13H14F2Si/c14-16(15)10-4-8-12-7-3-6-11-5-1-2-9-13(11)12/h1-3,5-7,9,16H,4,8,10H2. The van der Waals surface area contributed by atoms with E-state index in [0.29, 0.717) is 6.42 Å². The Hall–Kier alpha value is -1.22. The Bertz CT molecular complexity index is 463. The van der Waals surface area contributed by atoms with E-state index in [4.69, 9.17) is 0 Å². The Labute approximate surface area is 95.9 Å². The van der Waals surface area contributed by atoms with Gasteiger partial charge in [-0.25, -0.2) is 0 Å². The number of benzene rings is 2. The molecule has 0 saturated carbocycles. The molecule has 0 aliphatic carbocycles. The van der Waals surface area contributed by atoms with Gasteiger partial charge in [0.25, 0.3) is 0 Å². The quantitative estimate of drug-likeness (QED) is 0.557. The van der Waals surface area contributed by atoms with Crippen LogP contribution in [-0.2, 0) is 6.42 Å². The maximum atomic E-state index is 12.2. The highest BCUT2D eigenvalue weighted by Crippen LogP contribution is 2.20. The van der Waals surface area contributed by atoms with Gasteiger partial charge in [-0.3, -0.25) is 8.22 Å². The lowest BCUT2D eigenvalue weighted by Gasteiger charge is -2.05. The normalized spacial score (nSPS) is 11.2. The SMILES string of the molecule is F[SiH](F)CCCc1cccc2ccccc12. The Balaban J connectivity index is 2.17. The van der Waals surface area contributed by atoms with Crippen LogP contribution in [0.3, 0.4) is 0 Å². The van der Waals surface area contributed by atoms with Gasteiger partial charge in [0.1, 0.15) is 0 Å². The lowest BCUT2D eigenvalue weighted by Crippen LogP contribution is -1.97. The minimum absolute atomic E-state index is 0.128. The van der Waals surface area contributed by atoms with Crippen LogP contribution in [-0.4, -0.2) is 9.46 Å². The van der Waals surface area contributed by atoms with Crippen LogP contribution in [0.5, 0.6) is 0 Å². The Kier molecular flexibility index (Phi) is 3.67. The second kappa shape index (κ2) is 5.21. The van der Waals surface area contributed by atoms with Crippen molar-refractivity contribution in [3.05, 3.63) is 48.0 Å². The summed E-state index contributed by atoms with van der Waals surface area (Å²) in [4.78, 5) is 0. The molecule has 0 saturated heterocycles. The maximum absolute atomic E-state index is 12.2. The third kappa shape index (κ3) is 2.67. The van der Waals surface area contributed by atoms with Crippen molar-refractivity contribution in [1.82, 2.24) is 0 Å². The third-order valence-electron chi connectivity index (χ3n) is 2.75. The molecule has 2 aromatic carbocycles. The molecule has 0 heterocycles. The lowest BCUT2D eigenvalue weighted by atomic mass is 10.0. The number of hydrogen-bond donors (Lipinski definition) is 0. The zero-order chi connectivity index (χ0) is 11.4. The van der Waals surface area contributed by atoms with E-state index in [1.807, 2.05) is 24.3 Å². The van der Waals surface area contributed by atoms with E-state index in [9.17, 15) is 8.22 Å². The molecule has 0 aliphatic heterocycles. The molecule has 0 radical (unpaired) electrons. The first-order valence-electron chi connectivity index (χ1n) is 5.52. The van der Waals surface area contributed by atoms with E-state index >= 15 is 0 Å². The van der Waals surface area contributed by atoms with Crippen molar-refractivity contribution >= 4 is 20.2 Å². The smallest absolute Gasteiger partial charge is 0.275 e. The van der Waals surface area contributed by atoms with Crippen molar-refractivity contribution in [1.29, 1.82) is 0 Å².